The SMILES string of the molecule is C[C@@H](CC(=O)c1cc(=O)[nH]c(N2CCCC2)n1)c1ccc(C(F)(F)F)cc1. The minimum Gasteiger partial charge on any atom is -0.342 e. The van der Waals surface area contributed by atoms with Gasteiger partial charge in [-0.3, -0.25) is 14.6 Å². The number of aromatic amines is 1. The van der Waals surface area contributed by atoms with Gasteiger partial charge in [-0.1, -0.05) is 19.1 Å². The van der Waals surface area contributed by atoms with Crippen molar-refractivity contribution in [3.05, 3.63) is 57.5 Å². The van der Waals surface area contributed by atoms with Crippen molar-refractivity contribution in [2.24, 2.45) is 0 Å². The van der Waals surface area contributed by atoms with Crippen LogP contribution in [0.3, 0.4) is 0 Å². The van der Waals surface area contributed by atoms with Gasteiger partial charge in [-0.2, -0.15) is 13.2 Å². The number of benzene rings is 1. The smallest absolute Gasteiger partial charge is 0.342 e. The number of nitrogens with zero attached hydrogens (tertiary/aromatic N) is 2. The largest absolute Gasteiger partial charge is 0.416 e. The number of nitrogens with one attached hydrogen (secondary N) is 1. The van der Waals surface area contributed by atoms with E-state index < -0.39 is 17.3 Å². The Balaban J connectivity index is 1.74. The van der Waals surface area contributed by atoms with Crippen LogP contribution < -0.4 is 10.5 Å². The minimum absolute atomic E-state index is 0.0568. The molecule has 1 saturated heterocycles. The zero-order valence-electron chi connectivity index (χ0n) is 14.8. The van der Waals surface area contributed by atoms with Crippen LogP contribution in [0.1, 0.15) is 53.7 Å². The third-order valence-electron chi connectivity index (χ3n) is 4.72. The molecule has 5 nitrogen and oxygen atoms in total. The van der Waals surface area contributed by atoms with Gasteiger partial charge in [-0.25, -0.2) is 4.98 Å². The van der Waals surface area contributed by atoms with E-state index in [0.29, 0.717) is 11.5 Å². The maximum Gasteiger partial charge on any atom is 0.416 e. The number of ketones is 1. The van der Waals surface area contributed by atoms with E-state index in [0.717, 1.165) is 38.1 Å². The van der Waals surface area contributed by atoms with Crippen LogP contribution in [0, 0.1) is 0 Å². The van der Waals surface area contributed by atoms with Crippen molar-refractivity contribution >= 4 is 11.7 Å². The number of alkyl halides is 3. The molecule has 27 heavy (non-hydrogen) atoms. The summed E-state index contributed by atoms with van der Waals surface area (Å²) in [7, 11) is 0. The summed E-state index contributed by atoms with van der Waals surface area (Å²) in [4.78, 5) is 33.3. The lowest BCUT2D eigenvalue weighted by molar-refractivity contribution is -0.137. The average molecular weight is 379 g/mol. The summed E-state index contributed by atoms with van der Waals surface area (Å²) in [5.41, 5.74) is -0.408. The quantitative estimate of drug-likeness (QED) is 0.804. The fourth-order valence-electron chi connectivity index (χ4n) is 3.17. The lowest BCUT2D eigenvalue weighted by Crippen LogP contribution is -2.25. The second-order valence-corrected chi connectivity index (χ2v) is 6.80. The number of H-pyrrole nitrogens is 1. The Bertz CT molecular complexity index is 869. The van der Waals surface area contributed by atoms with Crippen LogP contribution in [-0.4, -0.2) is 28.8 Å². The van der Waals surface area contributed by atoms with Crippen LogP contribution in [0.5, 0.6) is 0 Å². The first-order valence-electron chi connectivity index (χ1n) is 8.81. The standard InChI is InChI=1S/C19H20F3N3O2/c1-12(13-4-6-14(7-5-13)19(20,21)22)10-16(26)15-11-17(27)24-18(23-15)25-8-2-3-9-25/h4-7,11-12H,2-3,8-10H2,1H3,(H,23,24,27)/t12-/m0/s1. The number of carbonyl (C=O) groups is 1. The van der Waals surface area contributed by atoms with Gasteiger partial charge in [-0.05, 0) is 36.5 Å². The molecule has 1 atom stereocenters. The van der Waals surface area contributed by atoms with Crippen molar-refractivity contribution in [2.45, 2.75) is 38.3 Å². The van der Waals surface area contributed by atoms with Gasteiger partial charge in [0.15, 0.2) is 5.78 Å². The molecule has 0 aliphatic carbocycles. The van der Waals surface area contributed by atoms with Crippen LogP contribution in [-0.2, 0) is 6.18 Å². The van der Waals surface area contributed by atoms with Gasteiger partial charge in [0.1, 0.15) is 5.69 Å². The third kappa shape index (κ3) is 4.56. The molecule has 3 rings (SSSR count). The topological polar surface area (TPSA) is 66.1 Å². The Kier molecular flexibility index (Phi) is 5.34. The summed E-state index contributed by atoms with van der Waals surface area (Å²) >= 11 is 0. The number of Topliss-reactive ketones (excluding diaryl/α,β-unsaturated/α-hetero) is 1. The second kappa shape index (κ2) is 7.54. The Morgan fingerprint density at radius 2 is 1.85 bits per heavy atom. The first kappa shape index (κ1) is 19.1. The molecule has 2 aromatic rings. The summed E-state index contributed by atoms with van der Waals surface area (Å²) in [5.74, 6) is -0.212. The molecule has 0 spiro atoms. The highest BCUT2D eigenvalue weighted by Crippen LogP contribution is 2.31. The van der Waals surface area contributed by atoms with E-state index >= 15 is 0 Å². The Labute approximate surface area is 154 Å². The summed E-state index contributed by atoms with van der Waals surface area (Å²) in [6, 6.07) is 5.94. The van der Waals surface area contributed by atoms with Crippen LogP contribution >= 0.6 is 0 Å². The maximum absolute atomic E-state index is 12.7. The Morgan fingerprint density at radius 3 is 2.44 bits per heavy atom. The molecule has 1 aliphatic heterocycles. The van der Waals surface area contributed by atoms with Gasteiger partial charge in [0.2, 0.25) is 5.95 Å². The lowest BCUT2D eigenvalue weighted by Gasteiger charge is -2.16. The van der Waals surface area contributed by atoms with Crippen molar-refractivity contribution in [3.63, 3.8) is 0 Å². The molecule has 0 bridgehead atoms. The van der Waals surface area contributed by atoms with Gasteiger partial charge in [0.05, 0.1) is 5.56 Å². The van der Waals surface area contributed by atoms with Crippen LogP contribution in [0.15, 0.2) is 35.1 Å². The highest BCUT2D eigenvalue weighted by Gasteiger charge is 2.30. The number of carbonyl (C=O) groups excluding carboxylic acids is 1. The van der Waals surface area contributed by atoms with Crippen molar-refractivity contribution in [1.82, 2.24) is 9.97 Å². The molecular weight excluding hydrogens is 359 g/mol. The number of halogens is 3. The first-order valence-corrected chi connectivity index (χ1v) is 8.81. The highest BCUT2D eigenvalue weighted by atomic mass is 19.4. The summed E-state index contributed by atoms with van der Waals surface area (Å²) < 4.78 is 38.0. The number of hydrogen-bond donors (Lipinski definition) is 1. The molecule has 2 heterocycles. The number of hydrogen-bond acceptors (Lipinski definition) is 4. The van der Waals surface area contributed by atoms with E-state index in [9.17, 15) is 22.8 Å². The molecule has 1 aromatic heterocycles. The fourth-order valence-corrected chi connectivity index (χ4v) is 3.17. The van der Waals surface area contributed by atoms with Crippen LogP contribution in [0.2, 0.25) is 0 Å². The molecule has 0 unspecified atom stereocenters. The van der Waals surface area contributed by atoms with Crippen molar-refractivity contribution in [2.75, 3.05) is 18.0 Å². The molecule has 1 aliphatic rings. The molecule has 8 heteroatoms. The van der Waals surface area contributed by atoms with Crippen molar-refractivity contribution in [3.8, 4) is 0 Å². The molecule has 0 saturated carbocycles. The summed E-state index contributed by atoms with van der Waals surface area (Å²) in [6.45, 7) is 3.32. The van der Waals surface area contributed by atoms with Gasteiger partial charge >= 0.3 is 6.18 Å². The molecule has 1 N–H and O–H groups in total. The lowest BCUT2D eigenvalue weighted by atomic mass is 9.94. The molecule has 0 radical (unpaired) electrons. The third-order valence-corrected chi connectivity index (χ3v) is 4.72. The molecule has 144 valence electrons. The van der Waals surface area contributed by atoms with E-state index in [4.69, 9.17) is 0 Å². The zero-order chi connectivity index (χ0) is 19.6. The van der Waals surface area contributed by atoms with E-state index in [1.165, 1.54) is 18.2 Å². The maximum atomic E-state index is 12.7. The fraction of sp³-hybridized carbons (Fsp3) is 0.421. The average Bonchev–Trinajstić information content (AvgIpc) is 3.15. The second-order valence-electron chi connectivity index (χ2n) is 6.80. The van der Waals surface area contributed by atoms with E-state index in [1.54, 1.807) is 6.92 Å². The van der Waals surface area contributed by atoms with Gasteiger partial charge < -0.3 is 4.90 Å². The van der Waals surface area contributed by atoms with E-state index in [2.05, 4.69) is 9.97 Å². The monoisotopic (exact) mass is 379 g/mol. The number of anilines is 1. The van der Waals surface area contributed by atoms with Crippen LogP contribution in [0.4, 0.5) is 19.1 Å². The predicted octanol–water partition coefficient (Wildman–Crippen LogP) is 3.77. The molecular formula is C19H20F3N3O2. The number of rotatable bonds is 5. The molecule has 0 amide bonds. The van der Waals surface area contributed by atoms with E-state index in [1.807, 2.05) is 4.90 Å². The normalized spacial score (nSPS) is 15.8. The van der Waals surface area contributed by atoms with Gasteiger partial charge in [-0.15, -0.1) is 0 Å². The van der Waals surface area contributed by atoms with Crippen molar-refractivity contribution in [1.29, 1.82) is 0 Å². The summed E-state index contributed by atoms with van der Waals surface area (Å²) in [6.07, 6.45) is -2.32. The van der Waals surface area contributed by atoms with Gasteiger partial charge in [0, 0.05) is 25.6 Å². The first-order chi connectivity index (χ1) is 12.7. The number of aromatic nitrogens is 2. The Morgan fingerprint density at radius 1 is 1.22 bits per heavy atom. The minimum atomic E-state index is -4.39. The van der Waals surface area contributed by atoms with Crippen LogP contribution in [0.25, 0.3) is 0 Å². The van der Waals surface area contributed by atoms with Gasteiger partial charge in [0.25, 0.3) is 5.56 Å². The van der Waals surface area contributed by atoms with Crippen molar-refractivity contribution < 1.29 is 18.0 Å². The summed E-state index contributed by atoms with van der Waals surface area (Å²) in [5, 5.41) is 0. The molecule has 1 aromatic carbocycles. The van der Waals surface area contributed by atoms with E-state index in [-0.39, 0.29) is 23.8 Å². The zero-order valence-corrected chi connectivity index (χ0v) is 14.8. The molecule has 1 fully saturated rings. The highest BCUT2D eigenvalue weighted by molar-refractivity contribution is 5.94. The Hall–Kier alpha value is -2.64. The predicted molar refractivity (Wildman–Crippen MR) is 95.1 cm³/mol.